The largest absolute Gasteiger partial charge is 0.494 e. The van der Waals surface area contributed by atoms with Gasteiger partial charge in [0.05, 0.1) is 24.2 Å². The summed E-state index contributed by atoms with van der Waals surface area (Å²) >= 11 is 0. The fourth-order valence-electron chi connectivity index (χ4n) is 2.63. The maximum Gasteiger partial charge on any atom is 0.240 e. The summed E-state index contributed by atoms with van der Waals surface area (Å²) in [6.45, 7) is 8.59. The van der Waals surface area contributed by atoms with E-state index in [0.29, 0.717) is 23.7 Å². The monoisotopic (exact) mass is 342 g/mol. The first-order chi connectivity index (χ1) is 10.8. The Morgan fingerprint density at radius 3 is 2.74 bits per heavy atom. The molecule has 0 aliphatic carbocycles. The quantitative estimate of drug-likeness (QED) is 0.844. The molecular weight excluding hydrogens is 316 g/mol. The van der Waals surface area contributed by atoms with Gasteiger partial charge < -0.3 is 14.4 Å². The minimum absolute atomic E-state index is 0.118. The van der Waals surface area contributed by atoms with Crippen molar-refractivity contribution in [3.63, 3.8) is 0 Å². The van der Waals surface area contributed by atoms with Crippen molar-refractivity contribution in [2.75, 3.05) is 39.9 Å². The van der Waals surface area contributed by atoms with Crippen LogP contribution >= 0.6 is 0 Å². The van der Waals surface area contributed by atoms with E-state index in [-0.39, 0.29) is 12.6 Å². The highest BCUT2D eigenvalue weighted by atomic mass is 32.2. The molecule has 1 aliphatic rings. The van der Waals surface area contributed by atoms with E-state index < -0.39 is 10.0 Å². The second kappa shape index (κ2) is 7.61. The first-order valence-corrected chi connectivity index (χ1v) is 9.35. The number of hydrogen-bond donors (Lipinski definition) is 1. The van der Waals surface area contributed by atoms with E-state index in [4.69, 9.17) is 9.47 Å². The first-order valence-electron chi connectivity index (χ1n) is 7.87. The standard InChI is InChI=1S/C16H26N2O4S/c1-5-21-15-8-13(3)16(9-12(15)2)23(19,20)17-10-14-11-18(4)6-7-22-14/h8-9,14,17H,5-7,10-11H2,1-4H3. The second-order valence-corrected chi connectivity index (χ2v) is 7.66. The van der Waals surface area contributed by atoms with Crippen molar-refractivity contribution in [3.8, 4) is 5.75 Å². The van der Waals surface area contributed by atoms with Crippen molar-refractivity contribution in [2.24, 2.45) is 0 Å². The van der Waals surface area contributed by atoms with Crippen LogP contribution in [-0.4, -0.2) is 59.3 Å². The Bertz CT molecular complexity index is 646. The van der Waals surface area contributed by atoms with Gasteiger partial charge in [-0.1, -0.05) is 0 Å². The third-order valence-corrected chi connectivity index (χ3v) is 5.47. The highest BCUT2D eigenvalue weighted by molar-refractivity contribution is 7.89. The van der Waals surface area contributed by atoms with Crippen molar-refractivity contribution >= 4 is 10.0 Å². The number of sulfonamides is 1. The van der Waals surface area contributed by atoms with Gasteiger partial charge in [-0.15, -0.1) is 0 Å². The molecule has 1 aromatic carbocycles. The lowest BCUT2D eigenvalue weighted by atomic mass is 10.1. The Labute approximate surface area is 138 Å². The van der Waals surface area contributed by atoms with Crippen molar-refractivity contribution in [1.82, 2.24) is 9.62 Å². The number of benzene rings is 1. The molecule has 0 aromatic heterocycles. The van der Waals surface area contributed by atoms with E-state index in [1.807, 2.05) is 20.9 Å². The van der Waals surface area contributed by atoms with Crippen LogP contribution in [0.3, 0.4) is 0 Å². The molecule has 0 bridgehead atoms. The van der Waals surface area contributed by atoms with Crippen LogP contribution in [0, 0.1) is 13.8 Å². The maximum absolute atomic E-state index is 12.6. The third kappa shape index (κ3) is 4.67. The molecule has 1 atom stereocenters. The lowest BCUT2D eigenvalue weighted by Gasteiger charge is -2.30. The SMILES string of the molecule is CCOc1cc(C)c(S(=O)(=O)NCC2CN(C)CCO2)cc1C. The van der Waals surface area contributed by atoms with Gasteiger partial charge in [0, 0.05) is 19.6 Å². The topological polar surface area (TPSA) is 67.9 Å². The van der Waals surface area contributed by atoms with Gasteiger partial charge in [0.15, 0.2) is 0 Å². The van der Waals surface area contributed by atoms with Gasteiger partial charge in [0.25, 0.3) is 0 Å². The zero-order chi connectivity index (χ0) is 17.0. The highest BCUT2D eigenvalue weighted by Crippen LogP contribution is 2.25. The van der Waals surface area contributed by atoms with E-state index in [0.717, 1.165) is 24.4 Å². The van der Waals surface area contributed by atoms with Gasteiger partial charge >= 0.3 is 0 Å². The highest BCUT2D eigenvalue weighted by Gasteiger charge is 2.23. The van der Waals surface area contributed by atoms with Gasteiger partial charge in [0.1, 0.15) is 5.75 Å². The molecule has 7 heteroatoms. The minimum Gasteiger partial charge on any atom is -0.494 e. The van der Waals surface area contributed by atoms with Crippen molar-refractivity contribution in [3.05, 3.63) is 23.3 Å². The van der Waals surface area contributed by atoms with Gasteiger partial charge in [-0.3, -0.25) is 0 Å². The number of nitrogens with zero attached hydrogens (tertiary/aromatic N) is 1. The van der Waals surface area contributed by atoms with Crippen LogP contribution in [0.1, 0.15) is 18.1 Å². The van der Waals surface area contributed by atoms with Gasteiger partial charge in [-0.2, -0.15) is 0 Å². The van der Waals surface area contributed by atoms with Crippen molar-refractivity contribution < 1.29 is 17.9 Å². The van der Waals surface area contributed by atoms with Crippen LogP contribution in [0.15, 0.2) is 17.0 Å². The molecule has 23 heavy (non-hydrogen) atoms. The molecule has 0 saturated carbocycles. The normalized spacial score (nSPS) is 19.7. The lowest BCUT2D eigenvalue weighted by Crippen LogP contribution is -2.45. The Kier molecular flexibility index (Phi) is 6.02. The molecule has 1 fully saturated rings. The van der Waals surface area contributed by atoms with E-state index in [1.54, 1.807) is 19.1 Å². The van der Waals surface area contributed by atoms with E-state index >= 15 is 0 Å². The zero-order valence-electron chi connectivity index (χ0n) is 14.3. The van der Waals surface area contributed by atoms with Crippen LogP contribution < -0.4 is 9.46 Å². The third-order valence-electron chi connectivity index (χ3n) is 3.90. The van der Waals surface area contributed by atoms with Crippen LogP contribution in [-0.2, 0) is 14.8 Å². The van der Waals surface area contributed by atoms with E-state index in [1.165, 1.54) is 0 Å². The fourth-order valence-corrected chi connectivity index (χ4v) is 4.01. The van der Waals surface area contributed by atoms with Crippen LogP contribution in [0.4, 0.5) is 0 Å². The molecule has 1 N–H and O–H groups in total. The molecule has 0 spiro atoms. The molecule has 1 aliphatic heterocycles. The summed E-state index contributed by atoms with van der Waals surface area (Å²) in [5, 5.41) is 0. The molecule has 0 radical (unpaired) electrons. The minimum atomic E-state index is -3.57. The fraction of sp³-hybridized carbons (Fsp3) is 0.625. The number of aryl methyl sites for hydroxylation is 2. The van der Waals surface area contributed by atoms with Crippen LogP contribution in [0.5, 0.6) is 5.75 Å². The Balaban J connectivity index is 2.11. The first kappa shape index (κ1) is 18.2. The molecule has 2 rings (SSSR count). The molecule has 1 unspecified atom stereocenters. The van der Waals surface area contributed by atoms with Crippen molar-refractivity contribution in [2.45, 2.75) is 31.8 Å². The lowest BCUT2D eigenvalue weighted by molar-refractivity contribution is -0.0156. The summed E-state index contributed by atoms with van der Waals surface area (Å²) in [6, 6.07) is 3.44. The number of hydrogen-bond acceptors (Lipinski definition) is 5. The second-order valence-electron chi connectivity index (χ2n) is 5.92. The van der Waals surface area contributed by atoms with Crippen molar-refractivity contribution in [1.29, 1.82) is 0 Å². The summed E-state index contributed by atoms with van der Waals surface area (Å²) in [6.07, 6.45) is -0.118. The van der Waals surface area contributed by atoms with Crippen LogP contribution in [0.25, 0.3) is 0 Å². The molecule has 130 valence electrons. The number of nitrogens with one attached hydrogen (secondary N) is 1. The number of rotatable bonds is 6. The number of morpholine rings is 1. The average molecular weight is 342 g/mol. The molecular formula is C16H26N2O4S. The summed E-state index contributed by atoms with van der Waals surface area (Å²) in [7, 11) is -1.56. The smallest absolute Gasteiger partial charge is 0.240 e. The molecule has 1 heterocycles. The van der Waals surface area contributed by atoms with Crippen LogP contribution in [0.2, 0.25) is 0 Å². The zero-order valence-corrected chi connectivity index (χ0v) is 15.1. The molecule has 1 saturated heterocycles. The molecule has 6 nitrogen and oxygen atoms in total. The summed E-state index contributed by atoms with van der Waals surface area (Å²) in [5.41, 5.74) is 1.49. The predicted octanol–water partition coefficient (Wildman–Crippen LogP) is 1.31. The Hall–Kier alpha value is -1.15. The van der Waals surface area contributed by atoms with Gasteiger partial charge in [0.2, 0.25) is 10.0 Å². The predicted molar refractivity (Wildman–Crippen MR) is 89.5 cm³/mol. The maximum atomic E-state index is 12.6. The summed E-state index contributed by atoms with van der Waals surface area (Å²) in [4.78, 5) is 2.43. The van der Waals surface area contributed by atoms with E-state index in [2.05, 4.69) is 9.62 Å². The number of likely N-dealkylation sites (N-methyl/N-ethyl adjacent to an activating group) is 1. The average Bonchev–Trinajstić information content (AvgIpc) is 2.49. The Morgan fingerprint density at radius 2 is 2.09 bits per heavy atom. The summed E-state index contributed by atoms with van der Waals surface area (Å²) < 4.78 is 38.9. The van der Waals surface area contributed by atoms with Gasteiger partial charge in [-0.25, -0.2) is 13.1 Å². The number of ether oxygens (including phenoxy) is 2. The van der Waals surface area contributed by atoms with Gasteiger partial charge in [-0.05, 0) is 51.1 Å². The van der Waals surface area contributed by atoms with E-state index in [9.17, 15) is 8.42 Å². The Morgan fingerprint density at radius 1 is 1.35 bits per heavy atom. The molecule has 0 amide bonds. The molecule has 1 aromatic rings. The summed E-state index contributed by atoms with van der Waals surface area (Å²) in [5.74, 6) is 0.723.